The Labute approximate surface area is 201 Å². The number of allylic oxidation sites excluding steroid dienone is 1. The molecule has 3 heterocycles. The number of hydrogen-bond donors (Lipinski definition) is 0. The SMILES string of the molecule is O=c1c(=Cc2ccc3c(c2)OCO3)sc2n1C(c1ccc(Br)cc1)C=C(c1ccccc1)N=2. The van der Waals surface area contributed by atoms with Gasteiger partial charge in [-0.3, -0.25) is 9.36 Å². The van der Waals surface area contributed by atoms with E-state index in [0.29, 0.717) is 15.1 Å². The second-order valence-corrected chi connectivity index (χ2v) is 9.63. The maximum atomic E-state index is 13.5. The molecule has 1 aromatic heterocycles. The number of ether oxygens (including phenoxy) is 2. The van der Waals surface area contributed by atoms with E-state index in [-0.39, 0.29) is 18.4 Å². The Morgan fingerprint density at radius 1 is 1.00 bits per heavy atom. The maximum absolute atomic E-state index is 13.5. The van der Waals surface area contributed by atoms with Gasteiger partial charge in [0.05, 0.1) is 16.3 Å². The standard InChI is InChI=1S/C26H17BrN2O3S/c27-19-9-7-18(8-10-19)21-14-20(17-4-2-1-3-5-17)28-26-29(21)25(30)24(33-26)13-16-6-11-22-23(12-16)32-15-31-22/h1-14,21H,15H2. The largest absolute Gasteiger partial charge is 0.454 e. The van der Waals surface area contributed by atoms with Crippen molar-refractivity contribution < 1.29 is 9.47 Å². The molecule has 4 aromatic rings. The lowest BCUT2D eigenvalue weighted by molar-refractivity contribution is 0.174. The summed E-state index contributed by atoms with van der Waals surface area (Å²) in [4.78, 5) is 19.1. The highest BCUT2D eigenvalue weighted by atomic mass is 79.9. The molecule has 0 aliphatic carbocycles. The minimum Gasteiger partial charge on any atom is -0.454 e. The van der Waals surface area contributed by atoms with Crippen LogP contribution in [0.5, 0.6) is 11.5 Å². The Morgan fingerprint density at radius 2 is 1.79 bits per heavy atom. The van der Waals surface area contributed by atoms with Crippen LogP contribution >= 0.6 is 27.3 Å². The summed E-state index contributed by atoms with van der Waals surface area (Å²) in [5.41, 5.74) is 3.73. The molecule has 2 aliphatic rings. The van der Waals surface area contributed by atoms with Crippen molar-refractivity contribution in [1.82, 2.24) is 4.57 Å². The van der Waals surface area contributed by atoms with Crippen LogP contribution in [-0.2, 0) is 0 Å². The van der Waals surface area contributed by atoms with Gasteiger partial charge in [-0.05, 0) is 53.1 Å². The van der Waals surface area contributed by atoms with Crippen LogP contribution < -0.4 is 24.4 Å². The average molecular weight is 517 g/mol. The molecular weight excluding hydrogens is 500 g/mol. The lowest BCUT2D eigenvalue weighted by Gasteiger charge is -2.19. The van der Waals surface area contributed by atoms with Crippen molar-refractivity contribution in [3.8, 4) is 11.5 Å². The Balaban J connectivity index is 1.53. The number of fused-ring (bicyclic) bond motifs is 2. The molecule has 0 amide bonds. The monoisotopic (exact) mass is 516 g/mol. The first-order valence-electron chi connectivity index (χ1n) is 10.4. The van der Waals surface area contributed by atoms with Crippen LogP contribution in [0, 0.1) is 0 Å². The molecule has 7 heteroatoms. The molecule has 5 nitrogen and oxygen atoms in total. The van der Waals surface area contributed by atoms with Gasteiger partial charge < -0.3 is 9.47 Å². The van der Waals surface area contributed by atoms with E-state index in [2.05, 4.69) is 22.0 Å². The Bertz CT molecular complexity index is 1570. The lowest BCUT2D eigenvalue weighted by atomic mass is 10.0. The second kappa shape index (κ2) is 8.17. The molecule has 0 N–H and O–H groups in total. The summed E-state index contributed by atoms with van der Waals surface area (Å²) in [7, 11) is 0. The molecule has 162 valence electrons. The number of benzene rings is 3. The lowest BCUT2D eigenvalue weighted by Crippen LogP contribution is -2.36. The van der Waals surface area contributed by atoms with Gasteiger partial charge in [0.25, 0.3) is 5.56 Å². The zero-order valence-corrected chi connectivity index (χ0v) is 19.7. The van der Waals surface area contributed by atoms with Crippen LogP contribution in [-0.4, -0.2) is 11.4 Å². The van der Waals surface area contributed by atoms with Crippen molar-refractivity contribution in [1.29, 1.82) is 0 Å². The smallest absolute Gasteiger partial charge is 0.271 e. The molecule has 33 heavy (non-hydrogen) atoms. The minimum atomic E-state index is -0.247. The highest BCUT2D eigenvalue weighted by Crippen LogP contribution is 2.32. The molecular formula is C26H17BrN2O3S. The van der Waals surface area contributed by atoms with Crippen molar-refractivity contribution >= 4 is 39.0 Å². The van der Waals surface area contributed by atoms with Crippen LogP contribution in [0.15, 0.2) is 93.1 Å². The first-order valence-corrected chi connectivity index (χ1v) is 12.0. The third-order valence-corrected chi connectivity index (χ3v) is 7.13. The first kappa shape index (κ1) is 20.2. The summed E-state index contributed by atoms with van der Waals surface area (Å²) in [5.74, 6) is 1.41. The summed E-state index contributed by atoms with van der Waals surface area (Å²) in [6.45, 7) is 0.219. The topological polar surface area (TPSA) is 52.8 Å². The van der Waals surface area contributed by atoms with Crippen molar-refractivity contribution in [2.45, 2.75) is 6.04 Å². The molecule has 2 aliphatic heterocycles. The summed E-state index contributed by atoms with van der Waals surface area (Å²) < 4.78 is 14.3. The van der Waals surface area contributed by atoms with Crippen LogP contribution in [0.4, 0.5) is 0 Å². The Kier molecular flexibility index (Phi) is 5.00. The van der Waals surface area contributed by atoms with Crippen molar-refractivity contribution in [3.05, 3.63) is 120 Å². The van der Waals surface area contributed by atoms with Gasteiger partial charge in [-0.2, -0.15) is 0 Å². The van der Waals surface area contributed by atoms with E-state index in [0.717, 1.165) is 32.6 Å². The number of aromatic nitrogens is 1. The van der Waals surface area contributed by atoms with Gasteiger partial charge in [0.15, 0.2) is 16.3 Å². The van der Waals surface area contributed by atoms with E-state index in [1.54, 1.807) is 4.57 Å². The van der Waals surface area contributed by atoms with Crippen molar-refractivity contribution in [2.75, 3.05) is 6.79 Å². The number of halogens is 1. The molecule has 0 fully saturated rings. The Morgan fingerprint density at radius 3 is 2.61 bits per heavy atom. The molecule has 1 unspecified atom stereocenters. The highest BCUT2D eigenvalue weighted by molar-refractivity contribution is 9.10. The highest BCUT2D eigenvalue weighted by Gasteiger charge is 2.22. The van der Waals surface area contributed by atoms with Gasteiger partial charge in [-0.15, -0.1) is 0 Å². The van der Waals surface area contributed by atoms with Crippen molar-refractivity contribution in [2.24, 2.45) is 4.99 Å². The third kappa shape index (κ3) is 3.73. The molecule has 0 radical (unpaired) electrons. The van der Waals surface area contributed by atoms with Gasteiger partial charge in [0.1, 0.15) is 0 Å². The molecule has 6 rings (SSSR count). The van der Waals surface area contributed by atoms with Crippen LogP contribution in [0.25, 0.3) is 11.8 Å². The molecule has 0 saturated carbocycles. The average Bonchev–Trinajstić information content (AvgIpc) is 3.44. The fourth-order valence-corrected chi connectivity index (χ4v) is 5.28. The summed E-state index contributed by atoms with van der Waals surface area (Å²) in [6.07, 6.45) is 3.95. The number of hydrogen-bond acceptors (Lipinski definition) is 5. The minimum absolute atomic E-state index is 0.0623. The zero-order chi connectivity index (χ0) is 22.4. The van der Waals surface area contributed by atoms with Gasteiger partial charge in [-0.25, -0.2) is 4.99 Å². The van der Waals surface area contributed by atoms with Crippen LogP contribution in [0.2, 0.25) is 0 Å². The van der Waals surface area contributed by atoms with Gasteiger partial charge in [-0.1, -0.05) is 75.8 Å². The van der Waals surface area contributed by atoms with Gasteiger partial charge >= 0.3 is 0 Å². The molecule has 0 spiro atoms. The predicted octanol–water partition coefficient (Wildman–Crippen LogP) is 4.49. The van der Waals surface area contributed by atoms with Crippen molar-refractivity contribution in [3.63, 3.8) is 0 Å². The summed E-state index contributed by atoms with van der Waals surface area (Å²) >= 11 is 4.90. The molecule has 1 atom stereocenters. The molecule has 0 saturated heterocycles. The Hall–Kier alpha value is -3.42. The second-order valence-electron chi connectivity index (χ2n) is 7.71. The van der Waals surface area contributed by atoms with Gasteiger partial charge in [0.2, 0.25) is 6.79 Å². The van der Waals surface area contributed by atoms with Crippen LogP contribution in [0.3, 0.4) is 0 Å². The van der Waals surface area contributed by atoms with E-state index < -0.39 is 0 Å². The zero-order valence-electron chi connectivity index (χ0n) is 17.3. The number of rotatable bonds is 3. The molecule has 0 bridgehead atoms. The third-order valence-electron chi connectivity index (χ3n) is 5.62. The fourth-order valence-electron chi connectivity index (χ4n) is 4.00. The molecule has 3 aromatic carbocycles. The van der Waals surface area contributed by atoms with E-state index in [1.807, 2.05) is 78.9 Å². The number of thiazole rings is 1. The van der Waals surface area contributed by atoms with Crippen LogP contribution in [0.1, 0.15) is 22.7 Å². The van der Waals surface area contributed by atoms with Gasteiger partial charge in [0, 0.05) is 4.47 Å². The van der Waals surface area contributed by atoms with E-state index >= 15 is 0 Å². The summed E-state index contributed by atoms with van der Waals surface area (Å²) in [6, 6.07) is 23.5. The van der Waals surface area contributed by atoms with E-state index in [4.69, 9.17) is 14.5 Å². The summed E-state index contributed by atoms with van der Waals surface area (Å²) in [5, 5.41) is 0. The quantitative estimate of drug-likeness (QED) is 0.403. The first-order chi connectivity index (χ1) is 16.2. The predicted molar refractivity (Wildman–Crippen MR) is 132 cm³/mol. The normalized spacial score (nSPS) is 16.8. The maximum Gasteiger partial charge on any atom is 0.271 e. The van der Waals surface area contributed by atoms with E-state index in [1.165, 1.54) is 11.3 Å². The number of nitrogens with zero attached hydrogens (tertiary/aromatic N) is 2. The van der Waals surface area contributed by atoms with E-state index in [9.17, 15) is 4.79 Å². The fraction of sp³-hybridized carbons (Fsp3) is 0.0769.